The molecule has 3 aliphatic rings. The largest absolute Gasteiger partial charge is 0.494 e. The Bertz CT molecular complexity index is 1150. The summed E-state index contributed by atoms with van der Waals surface area (Å²) in [7, 11) is 0. The van der Waals surface area contributed by atoms with Crippen molar-refractivity contribution >= 4 is 22.8 Å². The predicted molar refractivity (Wildman–Crippen MR) is 137 cm³/mol. The van der Waals surface area contributed by atoms with E-state index in [1.165, 1.54) is 25.7 Å². The van der Waals surface area contributed by atoms with E-state index in [0.29, 0.717) is 50.8 Å². The second-order valence-electron chi connectivity index (χ2n) is 10.4. The van der Waals surface area contributed by atoms with Gasteiger partial charge in [0.15, 0.2) is 0 Å². The molecule has 8 nitrogen and oxygen atoms in total. The van der Waals surface area contributed by atoms with Gasteiger partial charge in [-0.25, -0.2) is 4.79 Å². The molecule has 2 amide bonds. The number of rotatable bonds is 6. The molecule has 2 aliphatic heterocycles. The highest BCUT2D eigenvalue weighted by Crippen LogP contribution is 2.29. The number of benzene rings is 1. The summed E-state index contributed by atoms with van der Waals surface area (Å²) in [4.78, 5) is 44.4. The lowest BCUT2D eigenvalue weighted by atomic mass is 10.1. The van der Waals surface area contributed by atoms with Crippen LogP contribution in [0.5, 0.6) is 5.75 Å². The first-order valence-corrected chi connectivity index (χ1v) is 13.5. The van der Waals surface area contributed by atoms with E-state index in [1.807, 2.05) is 28.9 Å². The minimum Gasteiger partial charge on any atom is -0.494 e. The van der Waals surface area contributed by atoms with E-state index in [4.69, 9.17) is 9.15 Å². The van der Waals surface area contributed by atoms with Crippen LogP contribution in [0.4, 0.5) is 0 Å². The molecule has 0 radical (unpaired) electrons. The number of carbonyl (C=O) groups excluding carboxylic acids is 2. The minimum atomic E-state index is -0.361. The molecule has 3 fully saturated rings. The molecule has 2 aromatic rings. The molecule has 0 bridgehead atoms. The maximum Gasteiger partial charge on any atom is 0.336 e. The highest BCUT2D eigenvalue weighted by Gasteiger charge is 2.40. The Morgan fingerprint density at radius 2 is 1.78 bits per heavy atom. The van der Waals surface area contributed by atoms with Crippen LogP contribution in [0.25, 0.3) is 11.0 Å². The topological polar surface area (TPSA) is 83.3 Å². The molecule has 194 valence electrons. The van der Waals surface area contributed by atoms with E-state index in [1.54, 1.807) is 12.1 Å². The van der Waals surface area contributed by atoms with Crippen molar-refractivity contribution in [2.75, 3.05) is 39.3 Å². The Hall–Kier alpha value is -2.87. The molecule has 36 heavy (non-hydrogen) atoms. The summed E-state index contributed by atoms with van der Waals surface area (Å²) < 4.78 is 11.0. The van der Waals surface area contributed by atoms with E-state index in [-0.39, 0.29) is 23.4 Å². The van der Waals surface area contributed by atoms with Crippen molar-refractivity contribution in [3.05, 3.63) is 40.2 Å². The van der Waals surface area contributed by atoms with E-state index >= 15 is 0 Å². The number of hydrogen-bond acceptors (Lipinski definition) is 6. The van der Waals surface area contributed by atoms with Crippen LogP contribution < -0.4 is 10.4 Å². The maximum absolute atomic E-state index is 13.3. The fraction of sp³-hybridized carbons (Fsp3) is 0.607. The number of hydrogen-bond donors (Lipinski definition) is 0. The molecule has 0 N–H and O–H groups in total. The van der Waals surface area contributed by atoms with Crippen LogP contribution in [0, 0.1) is 5.92 Å². The summed E-state index contributed by atoms with van der Waals surface area (Å²) in [5.41, 5.74) is 1.10. The molecule has 5 rings (SSSR count). The van der Waals surface area contributed by atoms with Gasteiger partial charge in [0.1, 0.15) is 11.3 Å². The number of amides is 2. The molecule has 0 spiro atoms. The highest BCUT2D eigenvalue weighted by molar-refractivity contribution is 5.89. The van der Waals surface area contributed by atoms with E-state index in [2.05, 4.69) is 4.90 Å². The van der Waals surface area contributed by atoms with E-state index in [9.17, 15) is 14.4 Å². The zero-order valence-electron chi connectivity index (χ0n) is 21.2. The summed E-state index contributed by atoms with van der Waals surface area (Å²) in [6, 6.07) is 7.39. The third kappa shape index (κ3) is 5.43. The average Bonchev–Trinajstić information content (AvgIpc) is 3.07. The maximum atomic E-state index is 13.3. The van der Waals surface area contributed by atoms with Crippen LogP contribution in [-0.2, 0) is 16.1 Å². The second kappa shape index (κ2) is 11.0. The van der Waals surface area contributed by atoms with Crippen LogP contribution in [0.15, 0.2) is 33.5 Å². The molecule has 1 aromatic heterocycles. The van der Waals surface area contributed by atoms with Crippen LogP contribution in [-0.4, -0.2) is 71.9 Å². The standard InChI is InChI=1S/C28H37N3O5/c1-2-35-23-9-10-25-24(17-23)20(16-27(33)36-25)18-29-11-13-30(14-12-29)28(34)21-15-26(32)31(19-21)22-7-5-3-4-6-8-22/h9-10,16-17,21-22H,2-8,11-15,18-19H2,1H3/t21-/m1/s1. The first-order chi connectivity index (χ1) is 17.5. The molecule has 1 atom stereocenters. The quantitative estimate of drug-likeness (QED) is 0.451. The van der Waals surface area contributed by atoms with Crippen molar-refractivity contribution in [3.63, 3.8) is 0 Å². The molecule has 0 unspecified atom stereocenters. The van der Waals surface area contributed by atoms with Crippen LogP contribution in [0.1, 0.15) is 57.4 Å². The average molecular weight is 496 g/mol. The van der Waals surface area contributed by atoms with Gasteiger partial charge < -0.3 is 19.0 Å². The number of piperazine rings is 1. The monoisotopic (exact) mass is 495 g/mol. The van der Waals surface area contributed by atoms with Crippen molar-refractivity contribution in [1.82, 2.24) is 14.7 Å². The zero-order valence-corrected chi connectivity index (χ0v) is 21.2. The number of fused-ring (bicyclic) bond motifs is 1. The summed E-state index contributed by atoms with van der Waals surface area (Å²) in [5, 5.41) is 0.877. The Kier molecular flexibility index (Phi) is 7.60. The van der Waals surface area contributed by atoms with Gasteiger partial charge in [0.05, 0.1) is 12.5 Å². The van der Waals surface area contributed by atoms with Gasteiger partial charge in [0.2, 0.25) is 11.8 Å². The van der Waals surface area contributed by atoms with Gasteiger partial charge in [-0.15, -0.1) is 0 Å². The molecular formula is C28H37N3O5. The first-order valence-electron chi connectivity index (χ1n) is 13.5. The highest BCUT2D eigenvalue weighted by atomic mass is 16.5. The van der Waals surface area contributed by atoms with Crippen molar-refractivity contribution in [3.8, 4) is 5.75 Å². The van der Waals surface area contributed by atoms with Gasteiger partial charge in [-0.2, -0.15) is 0 Å². The van der Waals surface area contributed by atoms with Crippen molar-refractivity contribution in [2.24, 2.45) is 5.92 Å². The predicted octanol–water partition coefficient (Wildman–Crippen LogP) is 3.41. The molecule has 8 heteroatoms. The van der Waals surface area contributed by atoms with Crippen LogP contribution in [0.3, 0.4) is 0 Å². The molecule has 3 heterocycles. The van der Waals surface area contributed by atoms with Gasteiger partial charge in [0.25, 0.3) is 0 Å². The zero-order chi connectivity index (χ0) is 25.1. The molecule has 1 aliphatic carbocycles. The molecular weight excluding hydrogens is 458 g/mol. The van der Waals surface area contributed by atoms with Crippen molar-refractivity contribution < 1.29 is 18.7 Å². The molecule has 1 saturated carbocycles. The van der Waals surface area contributed by atoms with Gasteiger partial charge in [0, 0.05) is 63.2 Å². The number of likely N-dealkylation sites (tertiary alicyclic amines) is 1. The second-order valence-corrected chi connectivity index (χ2v) is 10.4. The van der Waals surface area contributed by atoms with Gasteiger partial charge >= 0.3 is 5.63 Å². The van der Waals surface area contributed by atoms with Crippen LogP contribution in [0.2, 0.25) is 0 Å². The van der Waals surface area contributed by atoms with Crippen LogP contribution >= 0.6 is 0 Å². The SMILES string of the molecule is CCOc1ccc2oc(=O)cc(CN3CCN(C(=O)[C@@H]4CC(=O)N(C5CCCCCC5)C4)CC3)c2c1. The smallest absolute Gasteiger partial charge is 0.336 e. The summed E-state index contributed by atoms with van der Waals surface area (Å²) in [5.74, 6) is 0.804. The fourth-order valence-corrected chi connectivity index (χ4v) is 6.04. The Labute approximate surface area is 212 Å². The Morgan fingerprint density at radius 1 is 1.03 bits per heavy atom. The third-order valence-corrected chi connectivity index (χ3v) is 7.96. The number of carbonyl (C=O) groups is 2. The van der Waals surface area contributed by atoms with E-state index in [0.717, 1.165) is 42.6 Å². The lowest BCUT2D eigenvalue weighted by Crippen LogP contribution is -2.50. The number of ether oxygens (including phenoxy) is 1. The summed E-state index contributed by atoms with van der Waals surface area (Å²) >= 11 is 0. The van der Waals surface area contributed by atoms with E-state index < -0.39 is 0 Å². The minimum absolute atomic E-state index is 0.117. The normalized spacial score (nSPS) is 22.2. The fourth-order valence-electron chi connectivity index (χ4n) is 6.04. The van der Waals surface area contributed by atoms with Gasteiger partial charge in [-0.3, -0.25) is 14.5 Å². The van der Waals surface area contributed by atoms with Crippen molar-refractivity contribution in [2.45, 2.75) is 64.5 Å². The molecule has 2 saturated heterocycles. The van der Waals surface area contributed by atoms with Gasteiger partial charge in [-0.1, -0.05) is 25.7 Å². The number of nitrogens with zero attached hydrogens (tertiary/aromatic N) is 3. The third-order valence-electron chi connectivity index (χ3n) is 7.96. The molecule has 1 aromatic carbocycles. The Balaban J connectivity index is 1.19. The van der Waals surface area contributed by atoms with Gasteiger partial charge in [-0.05, 0) is 43.5 Å². The lowest BCUT2D eigenvalue weighted by molar-refractivity contribution is -0.137. The van der Waals surface area contributed by atoms with Crippen molar-refractivity contribution in [1.29, 1.82) is 0 Å². The lowest BCUT2D eigenvalue weighted by Gasteiger charge is -2.36. The first kappa shape index (κ1) is 24.8. The summed E-state index contributed by atoms with van der Waals surface area (Å²) in [6.07, 6.45) is 7.36. The Morgan fingerprint density at radius 3 is 2.50 bits per heavy atom. The summed E-state index contributed by atoms with van der Waals surface area (Å²) in [6.45, 7) is 6.42.